The molecule has 2 aromatic rings. The van der Waals surface area contributed by atoms with Crippen LogP contribution in [0.1, 0.15) is 24.2 Å². The van der Waals surface area contributed by atoms with E-state index in [0.29, 0.717) is 23.1 Å². The number of likely N-dealkylation sites (N-methyl/N-ethyl adjacent to an activating group) is 1. The van der Waals surface area contributed by atoms with Gasteiger partial charge in [-0.05, 0) is 37.7 Å². The SMILES string of the molecule is C=C(C)CN(CC)C(=O)c1ccc(Sc2nncn2C)c([N+](=O)[O-])c1. The normalized spacial score (nSPS) is 10.5. The topological polar surface area (TPSA) is 94.2 Å². The van der Waals surface area contributed by atoms with Gasteiger partial charge in [-0.15, -0.1) is 10.2 Å². The van der Waals surface area contributed by atoms with E-state index in [0.717, 1.165) is 17.3 Å². The zero-order chi connectivity index (χ0) is 18.6. The van der Waals surface area contributed by atoms with Crippen molar-refractivity contribution in [2.45, 2.75) is 23.9 Å². The third kappa shape index (κ3) is 4.44. The molecule has 0 saturated carbocycles. The highest BCUT2D eigenvalue weighted by Gasteiger charge is 2.22. The summed E-state index contributed by atoms with van der Waals surface area (Å²) in [5.41, 5.74) is 0.988. The summed E-state index contributed by atoms with van der Waals surface area (Å²) >= 11 is 1.13. The van der Waals surface area contributed by atoms with Crippen molar-refractivity contribution < 1.29 is 9.72 Å². The van der Waals surface area contributed by atoms with E-state index < -0.39 is 4.92 Å². The fraction of sp³-hybridized carbons (Fsp3) is 0.312. The summed E-state index contributed by atoms with van der Waals surface area (Å²) < 4.78 is 1.67. The first-order valence-electron chi connectivity index (χ1n) is 7.57. The molecule has 0 radical (unpaired) electrons. The van der Waals surface area contributed by atoms with Crippen LogP contribution in [-0.4, -0.2) is 43.6 Å². The summed E-state index contributed by atoms with van der Waals surface area (Å²) in [7, 11) is 1.75. The van der Waals surface area contributed by atoms with Crippen LogP contribution in [0, 0.1) is 10.1 Å². The van der Waals surface area contributed by atoms with Crippen LogP contribution in [0.3, 0.4) is 0 Å². The summed E-state index contributed by atoms with van der Waals surface area (Å²) in [6, 6.07) is 4.47. The monoisotopic (exact) mass is 361 g/mol. The zero-order valence-corrected chi connectivity index (χ0v) is 15.1. The molecule has 0 aliphatic rings. The number of carbonyl (C=O) groups is 1. The van der Waals surface area contributed by atoms with Crippen LogP contribution >= 0.6 is 11.8 Å². The lowest BCUT2D eigenvalue weighted by Gasteiger charge is -2.21. The van der Waals surface area contributed by atoms with Gasteiger partial charge < -0.3 is 9.47 Å². The fourth-order valence-electron chi connectivity index (χ4n) is 2.18. The van der Waals surface area contributed by atoms with E-state index in [4.69, 9.17) is 0 Å². The summed E-state index contributed by atoms with van der Waals surface area (Å²) in [6.45, 7) is 8.41. The Morgan fingerprint density at radius 2 is 2.20 bits per heavy atom. The standard InChI is InChI=1S/C16H19N5O3S/c1-5-20(9-11(2)3)15(22)12-6-7-14(13(8-12)21(23)24)25-16-18-17-10-19(16)4/h6-8,10H,2,5,9H2,1,3-4H3. The number of hydrogen-bond acceptors (Lipinski definition) is 6. The first-order chi connectivity index (χ1) is 11.8. The van der Waals surface area contributed by atoms with Crippen LogP contribution < -0.4 is 0 Å². The smallest absolute Gasteiger partial charge is 0.284 e. The van der Waals surface area contributed by atoms with Gasteiger partial charge in [0, 0.05) is 31.8 Å². The zero-order valence-electron chi connectivity index (χ0n) is 14.3. The molecular formula is C16H19N5O3S. The van der Waals surface area contributed by atoms with Crippen molar-refractivity contribution in [1.29, 1.82) is 0 Å². The lowest BCUT2D eigenvalue weighted by atomic mass is 10.1. The molecule has 0 saturated heterocycles. The predicted molar refractivity (Wildman–Crippen MR) is 94.6 cm³/mol. The lowest BCUT2D eigenvalue weighted by Crippen LogP contribution is -2.32. The van der Waals surface area contributed by atoms with Crippen molar-refractivity contribution in [2.75, 3.05) is 13.1 Å². The molecule has 132 valence electrons. The summed E-state index contributed by atoms with van der Waals surface area (Å²) in [5.74, 6) is -0.260. The molecule has 0 aliphatic carbocycles. The minimum Gasteiger partial charge on any atom is -0.335 e. The Kier molecular flexibility index (Phi) is 5.92. The number of nitro benzene ring substituents is 1. The molecule has 2 rings (SSSR count). The number of hydrogen-bond donors (Lipinski definition) is 0. The minimum atomic E-state index is -0.496. The molecule has 1 amide bonds. The second-order valence-electron chi connectivity index (χ2n) is 5.54. The first-order valence-corrected chi connectivity index (χ1v) is 8.39. The van der Waals surface area contributed by atoms with Crippen molar-refractivity contribution >= 4 is 23.4 Å². The van der Waals surface area contributed by atoms with Crippen molar-refractivity contribution in [3.05, 3.63) is 52.4 Å². The number of nitrogens with zero attached hydrogens (tertiary/aromatic N) is 5. The van der Waals surface area contributed by atoms with E-state index in [1.54, 1.807) is 28.6 Å². The maximum atomic E-state index is 12.6. The van der Waals surface area contributed by atoms with E-state index >= 15 is 0 Å². The van der Waals surface area contributed by atoms with E-state index in [9.17, 15) is 14.9 Å². The van der Waals surface area contributed by atoms with E-state index in [-0.39, 0.29) is 17.2 Å². The number of amides is 1. The van der Waals surface area contributed by atoms with Crippen LogP contribution in [0.2, 0.25) is 0 Å². The molecule has 9 heteroatoms. The molecule has 1 aromatic heterocycles. The molecule has 0 aliphatic heterocycles. The summed E-state index contributed by atoms with van der Waals surface area (Å²) in [4.78, 5) is 25.5. The van der Waals surface area contributed by atoms with Crippen molar-refractivity contribution in [2.24, 2.45) is 7.05 Å². The Morgan fingerprint density at radius 1 is 1.48 bits per heavy atom. The van der Waals surface area contributed by atoms with E-state index in [1.165, 1.54) is 12.4 Å². The number of rotatable bonds is 7. The average Bonchev–Trinajstić information content (AvgIpc) is 2.97. The Labute approximate surface area is 149 Å². The largest absolute Gasteiger partial charge is 0.335 e. The highest BCUT2D eigenvalue weighted by molar-refractivity contribution is 7.99. The molecule has 0 unspecified atom stereocenters. The van der Waals surface area contributed by atoms with Crippen LogP contribution in [0.4, 0.5) is 5.69 Å². The Balaban J connectivity index is 2.35. The maximum Gasteiger partial charge on any atom is 0.284 e. The average molecular weight is 361 g/mol. The van der Waals surface area contributed by atoms with Crippen LogP contribution in [0.5, 0.6) is 0 Å². The highest BCUT2D eigenvalue weighted by Crippen LogP contribution is 2.34. The molecule has 0 atom stereocenters. The quantitative estimate of drug-likeness (QED) is 0.427. The summed E-state index contributed by atoms with van der Waals surface area (Å²) in [5, 5.41) is 19.6. The third-order valence-corrected chi connectivity index (χ3v) is 4.52. The molecule has 8 nitrogen and oxygen atoms in total. The van der Waals surface area contributed by atoms with E-state index in [1.807, 2.05) is 13.8 Å². The van der Waals surface area contributed by atoms with Gasteiger partial charge in [0.25, 0.3) is 11.6 Å². The molecule has 25 heavy (non-hydrogen) atoms. The molecule has 0 N–H and O–H groups in total. The Hall–Kier alpha value is -2.68. The van der Waals surface area contributed by atoms with Gasteiger partial charge >= 0.3 is 0 Å². The van der Waals surface area contributed by atoms with Crippen molar-refractivity contribution in [1.82, 2.24) is 19.7 Å². The van der Waals surface area contributed by atoms with Gasteiger partial charge in [0.15, 0.2) is 5.16 Å². The summed E-state index contributed by atoms with van der Waals surface area (Å²) in [6.07, 6.45) is 1.52. The van der Waals surface area contributed by atoms with Gasteiger partial charge in [0.2, 0.25) is 0 Å². The molecule has 0 bridgehead atoms. The minimum absolute atomic E-state index is 0.134. The van der Waals surface area contributed by atoms with Gasteiger partial charge in [-0.25, -0.2) is 0 Å². The maximum absolute atomic E-state index is 12.6. The fourth-order valence-corrected chi connectivity index (χ4v) is 3.03. The molecule has 0 spiro atoms. The number of carbonyl (C=O) groups excluding carboxylic acids is 1. The van der Waals surface area contributed by atoms with Gasteiger partial charge in [-0.3, -0.25) is 14.9 Å². The third-order valence-electron chi connectivity index (χ3n) is 3.40. The van der Waals surface area contributed by atoms with Gasteiger partial charge in [0.1, 0.15) is 6.33 Å². The molecule has 1 heterocycles. The van der Waals surface area contributed by atoms with Crippen LogP contribution in [-0.2, 0) is 7.05 Å². The van der Waals surface area contributed by atoms with Crippen molar-refractivity contribution in [3.63, 3.8) is 0 Å². The Bertz CT molecular complexity index is 818. The van der Waals surface area contributed by atoms with Crippen LogP contribution in [0.15, 0.2) is 46.7 Å². The van der Waals surface area contributed by atoms with Gasteiger partial charge in [-0.1, -0.05) is 12.2 Å². The predicted octanol–water partition coefficient (Wildman–Crippen LogP) is 2.91. The number of nitro groups is 1. The van der Waals surface area contributed by atoms with Gasteiger partial charge in [0.05, 0.1) is 9.82 Å². The molecular weight excluding hydrogens is 342 g/mol. The Morgan fingerprint density at radius 3 is 2.72 bits per heavy atom. The second kappa shape index (κ2) is 7.93. The van der Waals surface area contributed by atoms with Crippen LogP contribution in [0.25, 0.3) is 0 Å². The molecule has 0 fully saturated rings. The van der Waals surface area contributed by atoms with Gasteiger partial charge in [-0.2, -0.15) is 0 Å². The van der Waals surface area contributed by atoms with Crippen molar-refractivity contribution in [3.8, 4) is 0 Å². The number of aryl methyl sites for hydroxylation is 1. The highest BCUT2D eigenvalue weighted by atomic mass is 32.2. The first kappa shape index (κ1) is 18.7. The molecule has 1 aromatic carbocycles. The number of benzene rings is 1. The number of aromatic nitrogens is 3. The second-order valence-corrected chi connectivity index (χ2v) is 6.55. The van der Waals surface area contributed by atoms with E-state index in [2.05, 4.69) is 16.8 Å². The lowest BCUT2D eigenvalue weighted by molar-refractivity contribution is -0.387.